The predicted molar refractivity (Wildman–Crippen MR) is 219 cm³/mol. The quantitative estimate of drug-likeness (QED) is 0.0357. The molecule has 1 N–H and O–H groups in total. The van der Waals surface area contributed by atoms with Crippen molar-refractivity contribution >= 4 is 35.0 Å². The molecule has 0 saturated heterocycles. The van der Waals surface area contributed by atoms with Gasteiger partial charge in [0.25, 0.3) is 0 Å². The third kappa shape index (κ3) is 9.81. The second-order valence-corrected chi connectivity index (χ2v) is 16.8. The molecule has 0 heterocycles. The first-order valence-corrected chi connectivity index (χ1v) is 19.4. The Kier molecular flexibility index (Phi) is 15.0. The van der Waals surface area contributed by atoms with Gasteiger partial charge in [-0.1, -0.05) is 65.2 Å². The number of benzene rings is 1. The number of aliphatic hydroxyl groups is 1. The highest BCUT2D eigenvalue weighted by molar-refractivity contribution is 6.41. The fraction of sp³-hybridized carbons (Fsp3) is 0.511. The molecule has 0 aromatic heterocycles. The van der Waals surface area contributed by atoms with Crippen LogP contribution in [0.2, 0.25) is 0 Å². The molecule has 2 aliphatic rings. The second-order valence-electron chi connectivity index (χ2n) is 16.8. The Bertz CT molecular complexity index is 1880. The van der Waals surface area contributed by atoms with Crippen molar-refractivity contribution in [2.75, 3.05) is 0 Å². The van der Waals surface area contributed by atoms with Crippen molar-refractivity contribution in [3.8, 4) is 11.5 Å². The van der Waals surface area contributed by atoms with E-state index in [9.17, 15) is 14.7 Å². The lowest BCUT2D eigenvalue weighted by Crippen LogP contribution is -2.70. The summed E-state index contributed by atoms with van der Waals surface area (Å²) in [5.41, 5.74) is 0.783. The first-order chi connectivity index (χ1) is 25.6. The van der Waals surface area contributed by atoms with Crippen LogP contribution in [0.5, 0.6) is 11.5 Å². The van der Waals surface area contributed by atoms with Crippen LogP contribution in [0.1, 0.15) is 140 Å². The summed E-state index contributed by atoms with van der Waals surface area (Å²) in [4.78, 5) is 70.2. The molecule has 1 aromatic rings. The molecule has 55 heavy (non-hydrogen) atoms. The smallest absolute Gasteiger partial charge is 0.308 e. The van der Waals surface area contributed by atoms with Crippen molar-refractivity contribution in [3.63, 3.8) is 0 Å². The molecule has 3 rings (SSSR count). The van der Waals surface area contributed by atoms with Gasteiger partial charge >= 0.3 is 11.9 Å². The number of aliphatic hydroxyl groups excluding tert-OH is 1. The number of fused-ring (bicyclic) bond motifs is 2. The topological polar surface area (TPSA) is 124 Å². The number of Topliss-reactive ketones (excluding diaryl/α,β-unsaturated/α-hetero) is 3. The first-order valence-electron chi connectivity index (χ1n) is 19.4. The summed E-state index contributed by atoms with van der Waals surface area (Å²) in [5.74, 6) is -4.23. The van der Waals surface area contributed by atoms with Gasteiger partial charge < -0.3 is 14.6 Å². The molecular weight excluding hydrogens is 693 g/mol. The van der Waals surface area contributed by atoms with Crippen molar-refractivity contribution in [1.29, 1.82) is 0 Å². The van der Waals surface area contributed by atoms with E-state index in [2.05, 4.69) is 39.0 Å². The summed E-state index contributed by atoms with van der Waals surface area (Å²) in [6, 6.07) is 3.99. The van der Waals surface area contributed by atoms with Gasteiger partial charge in [0.15, 0.2) is 28.8 Å². The maximum atomic E-state index is 15.6. The molecule has 8 heteroatoms. The highest BCUT2D eigenvalue weighted by atomic mass is 16.6. The molecule has 0 amide bonds. The minimum absolute atomic E-state index is 0.00345. The van der Waals surface area contributed by atoms with Crippen LogP contribution in [0.4, 0.5) is 0 Å². The van der Waals surface area contributed by atoms with E-state index in [0.717, 1.165) is 29.6 Å². The normalized spacial score (nSPS) is 24.4. The van der Waals surface area contributed by atoms with Gasteiger partial charge in [-0.3, -0.25) is 24.0 Å². The number of carbonyl (C=O) groups is 5. The van der Waals surface area contributed by atoms with Gasteiger partial charge in [0.1, 0.15) is 16.7 Å². The Balaban J connectivity index is 2.47. The van der Waals surface area contributed by atoms with Crippen LogP contribution in [0, 0.1) is 22.2 Å². The van der Waals surface area contributed by atoms with Gasteiger partial charge in [0.2, 0.25) is 0 Å². The van der Waals surface area contributed by atoms with Crippen LogP contribution in [-0.2, 0) is 24.0 Å². The van der Waals surface area contributed by atoms with E-state index in [-0.39, 0.29) is 48.0 Å². The largest absolute Gasteiger partial charge is 0.506 e. The lowest BCUT2D eigenvalue weighted by Gasteiger charge is -2.61. The molecule has 298 valence electrons. The summed E-state index contributed by atoms with van der Waals surface area (Å²) < 4.78 is 10.6. The van der Waals surface area contributed by atoms with E-state index in [0.29, 0.717) is 19.3 Å². The fourth-order valence-electron chi connectivity index (χ4n) is 8.24. The van der Waals surface area contributed by atoms with Gasteiger partial charge in [-0.25, -0.2) is 0 Å². The van der Waals surface area contributed by atoms with Gasteiger partial charge in [-0.2, -0.15) is 0 Å². The van der Waals surface area contributed by atoms with Crippen LogP contribution in [0.3, 0.4) is 0 Å². The Morgan fingerprint density at radius 2 is 1.27 bits per heavy atom. The maximum absolute atomic E-state index is 15.6. The minimum Gasteiger partial charge on any atom is -0.506 e. The SMILES string of the molecule is CC(=O)Oc1ccc(C(O)=C2C(=O)[C@]3(CC=C(C)C)C[C@@H](C/C=C(\C)CCC=C(C)C)[C@](C)(CCC=C(C)C)[C@](CC=C(C)C)(C2=O)C3=O)cc1OC(C)=O. The molecular formula is C47H62O8. The molecule has 0 aliphatic heterocycles. The monoisotopic (exact) mass is 754 g/mol. The minimum atomic E-state index is -1.68. The molecule has 2 bridgehead atoms. The lowest BCUT2D eigenvalue weighted by atomic mass is 9.37. The molecule has 2 fully saturated rings. The molecule has 2 aliphatic carbocycles. The number of ether oxygens (including phenoxy) is 2. The summed E-state index contributed by atoms with van der Waals surface area (Å²) in [7, 11) is 0. The number of hydrogen-bond donors (Lipinski definition) is 1. The number of esters is 2. The van der Waals surface area contributed by atoms with Crippen molar-refractivity contribution in [2.24, 2.45) is 22.2 Å². The van der Waals surface area contributed by atoms with E-state index in [1.807, 2.05) is 60.6 Å². The molecule has 0 unspecified atom stereocenters. The van der Waals surface area contributed by atoms with Gasteiger partial charge in [-0.05, 0) is 143 Å². The zero-order valence-corrected chi connectivity index (χ0v) is 35.2. The molecule has 2 saturated carbocycles. The summed E-state index contributed by atoms with van der Waals surface area (Å²) in [5, 5.41) is 12.1. The summed E-state index contributed by atoms with van der Waals surface area (Å²) in [6.45, 7) is 22.4. The Morgan fingerprint density at radius 1 is 0.727 bits per heavy atom. The number of allylic oxidation sites excluding steroid dienone is 11. The number of rotatable bonds is 15. The van der Waals surface area contributed by atoms with Crippen molar-refractivity contribution in [3.05, 3.63) is 87.6 Å². The van der Waals surface area contributed by atoms with Crippen molar-refractivity contribution in [1.82, 2.24) is 0 Å². The highest BCUT2D eigenvalue weighted by Crippen LogP contribution is 2.67. The van der Waals surface area contributed by atoms with Gasteiger partial charge in [-0.15, -0.1) is 0 Å². The molecule has 1 aromatic carbocycles. The number of carbonyl (C=O) groups excluding carboxylic acids is 5. The van der Waals surface area contributed by atoms with E-state index in [1.165, 1.54) is 43.2 Å². The molecule has 0 spiro atoms. The third-order valence-corrected chi connectivity index (χ3v) is 11.3. The summed E-state index contributed by atoms with van der Waals surface area (Å²) >= 11 is 0. The Hall–Kier alpha value is -4.59. The molecule has 0 radical (unpaired) electrons. The number of ketones is 3. The van der Waals surface area contributed by atoms with Gasteiger partial charge in [0.05, 0.1) is 5.41 Å². The number of hydrogen-bond acceptors (Lipinski definition) is 8. The standard InChI is InChI=1S/C47H62O8/c1-29(2)15-13-17-33(9)18-20-37-28-46(25-22-31(5)6)42(51)40(41(50)36-19-21-38(54-34(10)48)39(27-36)55-35(11)49)43(52)47(44(46)53,26-23-32(7)8)45(37,12)24-14-16-30(3)4/h15-16,18-19,21-23,27,37,50H,13-14,17,20,24-26,28H2,1-12H3/b33-18+,41-40?/t37-,45+,46+,47-/m1/s1. The lowest BCUT2D eigenvalue weighted by molar-refractivity contribution is -0.178. The van der Waals surface area contributed by atoms with Crippen LogP contribution in [0.25, 0.3) is 5.76 Å². The first kappa shape index (κ1) is 44.8. The molecule has 4 atom stereocenters. The van der Waals surface area contributed by atoms with Crippen LogP contribution in [0.15, 0.2) is 82.0 Å². The zero-order chi connectivity index (χ0) is 41.5. The van der Waals surface area contributed by atoms with Crippen LogP contribution < -0.4 is 9.47 Å². The third-order valence-electron chi connectivity index (χ3n) is 11.3. The average Bonchev–Trinajstić information content (AvgIpc) is 3.07. The van der Waals surface area contributed by atoms with E-state index in [4.69, 9.17) is 9.47 Å². The molecule has 8 nitrogen and oxygen atoms in total. The van der Waals surface area contributed by atoms with Gasteiger partial charge in [0, 0.05) is 19.4 Å². The predicted octanol–water partition coefficient (Wildman–Crippen LogP) is 11.1. The van der Waals surface area contributed by atoms with Crippen LogP contribution in [-0.4, -0.2) is 34.4 Å². The highest BCUT2D eigenvalue weighted by Gasteiger charge is 2.74. The van der Waals surface area contributed by atoms with E-state index >= 15 is 14.4 Å². The average molecular weight is 755 g/mol. The van der Waals surface area contributed by atoms with Crippen molar-refractivity contribution < 1.29 is 38.6 Å². The maximum Gasteiger partial charge on any atom is 0.308 e. The van der Waals surface area contributed by atoms with Crippen LogP contribution >= 0.6 is 0 Å². The summed E-state index contributed by atoms with van der Waals surface area (Å²) in [6.07, 6.45) is 14.2. The van der Waals surface area contributed by atoms with E-state index in [1.54, 1.807) is 0 Å². The van der Waals surface area contributed by atoms with E-state index < -0.39 is 51.1 Å². The van der Waals surface area contributed by atoms with Crippen molar-refractivity contribution in [2.45, 2.75) is 134 Å². The zero-order valence-electron chi connectivity index (χ0n) is 35.2. The Labute approximate surface area is 328 Å². The second kappa shape index (κ2) is 18.4. The fourth-order valence-corrected chi connectivity index (χ4v) is 8.24. The Morgan fingerprint density at radius 3 is 1.84 bits per heavy atom.